The fourth-order valence-corrected chi connectivity index (χ4v) is 2.43. The van der Waals surface area contributed by atoms with Gasteiger partial charge < -0.3 is 10.4 Å². The molecule has 1 aromatic rings. The maximum absolute atomic E-state index is 12.1. The van der Waals surface area contributed by atoms with E-state index in [2.05, 4.69) is 15.5 Å². The monoisotopic (exact) mass is 251 g/mol. The minimum atomic E-state index is -0.436. The number of aliphatic hydroxyl groups is 1. The zero-order valence-corrected chi connectivity index (χ0v) is 11.0. The third-order valence-electron chi connectivity index (χ3n) is 3.69. The van der Waals surface area contributed by atoms with Crippen LogP contribution in [0.5, 0.6) is 0 Å². The fourth-order valence-electron chi connectivity index (χ4n) is 2.43. The predicted molar refractivity (Wildman–Crippen MR) is 68.4 cm³/mol. The van der Waals surface area contributed by atoms with Crippen LogP contribution in [0.4, 0.5) is 0 Å². The van der Waals surface area contributed by atoms with Crippen molar-refractivity contribution in [3.8, 4) is 0 Å². The Bertz CT molecular complexity index is 420. The van der Waals surface area contributed by atoms with E-state index in [1.807, 2.05) is 13.8 Å². The van der Waals surface area contributed by atoms with Crippen LogP contribution in [0.3, 0.4) is 0 Å². The van der Waals surface area contributed by atoms with E-state index in [4.69, 9.17) is 0 Å². The van der Waals surface area contributed by atoms with Gasteiger partial charge in [-0.05, 0) is 24.8 Å². The molecule has 0 saturated heterocycles. The number of carbonyl (C=O) groups excluding carboxylic acids is 1. The fraction of sp³-hybridized carbons (Fsp3) is 0.692. The molecule has 0 atom stereocenters. The molecule has 1 amide bonds. The van der Waals surface area contributed by atoms with Gasteiger partial charge >= 0.3 is 0 Å². The number of aliphatic hydroxyl groups excluding tert-OH is 1. The molecule has 0 spiro atoms. The highest BCUT2D eigenvalue weighted by Crippen LogP contribution is 2.29. The summed E-state index contributed by atoms with van der Waals surface area (Å²) in [5.74, 6) is 0.117. The lowest BCUT2D eigenvalue weighted by Crippen LogP contribution is -2.49. The molecule has 0 unspecified atom stereocenters. The van der Waals surface area contributed by atoms with Crippen LogP contribution in [0.2, 0.25) is 0 Å². The zero-order chi connectivity index (χ0) is 13.2. The summed E-state index contributed by atoms with van der Waals surface area (Å²) in [6, 6.07) is 1.78. The first kappa shape index (κ1) is 13.1. The van der Waals surface area contributed by atoms with Crippen molar-refractivity contribution in [3.63, 3.8) is 0 Å². The Morgan fingerprint density at radius 3 is 2.72 bits per heavy atom. The van der Waals surface area contributed by atoms with Gasteiger partial charge in [-0.1, -0.05) is 26.7 Å². The molecular weight excluding hydrogens is 230 g/mol. The lowest BCUT2D eigenvalue weighted by Gasteiger charge is -2.27. The maximum atomic E-state index is 12.1. The smallest absolute Gasteiger partial charge is 0.272 e. The molecule has 1 aromatic heterocycles. The van der Waals surface area contributed by atoms with Crippen LogP contribution in [-0.4, -0.2) is 33.4 Å². The van der Waals surface area contributed by atoms with Crippen molar-refractivity contribution >= 4 is 5.91 Å². The molecule has 0 aromatic carbocycles. The molecule has 1 fully saturated rings. The standard InChI is InChI=1S/C13H21N3O2/c1-9(2)10-7-11(16-15-10)12(18)14-13(8-17)5-3-4-6-13/h7,9,17H,3-6,8H2,1-2H3,(H,14,18)(H,15,16). The van der Waals surface area contributed by atoms with Gasteiger partial charge in [0.2, 0.25) is 0 Å². The van der Waals surface area contributed by atoms with Gasteiger partial charge in [0.05, 0.1) is 12.1 Å². The highest BCUT2D eigenvalue weighted by atomic mass is 16.3. The van der Waals surface area contributed by atoms with Crippen molar-refractivity contribution in [3.05, 3.63) is 17.5 Å². The third-order valence-corrected chi connectivity index (χ3v) is 3.69. The van der Waals surface area contributed by atoms with Crippen molar-refractivity contribution in [2.24, 2.45) is 0 Å². The summed E-state index contributed by atoms with van der Waals surface area (Å²) < 4.78 is 0. The second kappa shape index (κ2) is 5.10. The Labute approximate surface area is 107 Å². The van der Waals surface area contributed by atoms with E-state index in [0.29, 0.717) is 11.6 Å². The molecule has 3 N–H and O–H groups in total. The highest BCUT2D eigenvalue weighted by molar-refractivity contribution is 5.92. The maximum Gasteiger partial charge on any atom is 0.272 e. The van der Waals surface area contributed by atoms with Crippen LogP contribution in [0.1, 0.15) is 61.6 Å². The summed E-state index contributed by atoms with van der Waals surface area (Å²) in [4.78, 5) is 12.1. The average molecular weight is 251 g/mol. The number of nitrogens with zero attached hydrogens (tertiary/aromatic N) is 1. The lowest BCUT2D eigenvalue weighted by molar-refractivity contribution is 0.0833. The van der Waals surface area contributed by atoms with Crippen molar-refractivity contribution in [1.82, 2.24) is 15.5 Å². The first-order chi connectivity index (χ1) is 8.56. The number of aromatic nitrogens is 2. The molecule has 5 heteroatoms. The molecule has 0 bridgehead atoms. The molecular formula is C13H21N3O2. The lowest BCUT2D eigenvalue weighted by atomic mass is 9.98. The van der Waals surface area contributed by atoms with E-state index >= 15 is 0 Å². The molecule has 1 saturated carbocycles. The Hall–Kier alpha value is -1.36. The van der Waals surface area contributed by atoms with Gasteiger partial charge in [-0.2, -0.15) is 5.10 Å². The SMILES string of the molecule is CC(C)c1cc(C(=O)NC2(CO)CCCC2)n[nH]1. The van der Waals surface area contributed by atoms with E-state index in [-0.39, 0.29) is 12.5 Å². The molecule has 18 heavy (non-hydrogen) atoms. The van der Waals surface area contributed by atoms with Gasteiger partial charge in [0.25, 0.3) is 5.91 Å². The van der Waals surface area contributed by atoms with Crippen LogP contribution in [0.15, 0.2) is 6.07 Å². The van der Waals surface area contributed by atoms with Crippen LogP contribution in [0, 0.1) is 0 Å². The number of carbonyl (C=O) groups is 1. The van der Waals surface area contributed by atoms with Crippen molar-refractivity contribution < 1.29 is 9.90 Å². The second-order valence-corrected chi connectivity index (χ2v) is 5.46. The van der Waals surface area contributed by atoms with Crippen LogP contribution >= 0.6 is 0 Å². The Balaban J connectivity index is 2.06. The zero-order valence-electron chi connectivity index (χ0n) is 11.0. The average Bonchev–Trinajstić information content (AvgIpc) is 2.98. The van der Waals surface area contributed by atoms with Crippen LogP contribution in [-0.2, 0) is 0 Å². The van der Waals surface area contributed by atoms with E-state index in [1.54, 1.807) is 6.07 Å². The number of nitrogens with one attached hydrogen (secondary N) is 2. The number of hydrogen-bond donors (Lipinski definition) is 3. The molecule has 0 aliphatic heterocycles. The predicted octanol–water partition coefficient (Wildman–Crippen LogP) is 1.57. The van der Waals surface area contributed by atoms with Crippen LogP contribution < -0.4 is 5.32 Å². The number of amides is 1. The summed E-state index contributed by atoms with van der Waals surface area (Å²) in [7, 11) is 0. The summed E-state index contributed by atoms with van der Waals surface area (Å²) in [6.07, 6.45) is 3.80. The van der Waals surface area contributed by atoms with Crippen molar-refractivity contribution in [1.29, 1.82) is 0 Å². The number of hydrogen-bond acceptors (Lipinski definition) is 3. The normalized spacial score (nSPS) is 18.2. The molecule has 0 radical (unpaired) electrons. The largest absolute Gasteiger partial charge is 0.394 e. The van der Waals surface area contributed by atoms with Gasteiger partial charge in [0, 0.05) is 5.69 Å². The molecule has 1 heterocycles. The third kappa shape index (κ3) is 2.56. The van der Waals surface area contributed by atoms with Crippen molar-refractivity contribution in [2.75, 3.05) is 6.61 Å². The Kier molecular flexibility index (Phi) is 3.71. The highest BCUT2D eigenvalue weighted by Gasteiger charge is 2.35. The topological polar surface area (TPSA) is 78.0 Å². The van der Waals surface area contributed by atoms with Gasteiger partial charge in [0.15, 0.2) is 0 Å². The quantitative estimate of drug-likeness (QED) is 0.760. The van der Waals surface area contributed by atoms with E-state index in [1.165, 1.54) is 0 Å². The Morgan fingerprint density at radius 1 is 1.56 bits per heavy atom. The summed E-state index contributed by atoms with van der Waals surface area (Å²) in [6.45, 7) is 4.09. The minimum absolute atomic E-state index is 0.000199. The van der Waals surface area contributed by atoms with Gasteiger partial charge in [-0.15, -0.1) is 0 Å². The first-order valence-electron chi connectivity index (χ1n) is 6.55. The molecule has 1 aliphatic carbocycles. The minimum Gasteiger partial charge on any atom is -0.394 e. The summed E-state index contributed by atoms with van der Waals surface area (Å²) >= 11 is 0. The van der Waals surface area contributed by atoms with E-state index in [0.717, 1.165) is 31.4 Å². The summed E-state index contributed by atoms with van der Waals surface area (Å²) in [5.41, 5.74) is 0.914. The number of rotatable bonds is 4. The second-order valence-electron chi connectivity index (χ2n) is 5.46. The van der Waals surface area contributed by atoms with Gasteiger partial charge in [-0.3, -0.25) is 9.89 Å². The molecule has 100 valence electrons. The van der Waals surface area contributed by atoms with E-state index < -0.39 is 5.54 Å². The first-order valence-corrected chi connectivity index (χ1v) is 6.55. The van der Waals surface area contributed by atoms with E-state index in [9.17, 15) is 9.90 Å². The van der Waals surface area contributed by atoms with Crippen molar-refractivity contribution in [2.45, 2.75) is 51.0 Å². The molecule has 5 nitrogen and oxygen atoms in total. The van der Waals surface area contributed by atoms with Gasteiger partial charge in [0.1, 0.15) is 5.69 Å². The van der Waals surface area contributed by atoms with Gasteiger partial charge in [-0.25, -0.2) is 0 Å². The Morgan fingerprint density at radius 2 is 2.22 bits per heavy atom. The number of aromatic amines is 1. The summed E-state index contributed by atoms with van der Waals surface area (Å²) in [5, 5.41) is 19.3. The molecule has 1 aliphatic rings. The molecule has 2 rings (SSSR count). The number of H-pyrrole nitrogens is 1. The van der Waals surface area contributed by atoms with Crippen LogP contribution in [0.25, 0.3) is 0 Å².